The molecule has 21 heavy (non-hydrogen) atoms. The molecule has 1 aliphatic heterocycles. The molecular formula is C16H27N3OS. The number of nitrogens with one attached hydrogen (secondary N) is 1. The average molecular weight is 309 g/mol. The van der Waals surface area contributed by atoms with Gasteiger partial charge in [-0.25, -0.2) is 4.98 Å². The highest BCUT2D eigenvalue weighted by atomic mass is 32.1. The molecule has 1 unspecified atom stereocenters. The fourth-order valence-corrected chi connectivity index (χ4v) is 4.63. The molecule has 1 aliphatic carbocycles. The third kappa shape index (κ3) is 3.41. The second kappa shape index (κ2) is 6.63. The van der Waals surface area contributed by atoms with Crippen LogP contribution in [0.4, 0.5) is 5.13 Å². The maximum absolute atomic E-state index is 5.84. The molecular weight excluding hydrogens is 282 g/mol. The molecule has 1 aromatic heterocycles. The molecule has 5 heteroatoms. The lowest BCUT2D eigenvalue weighted by Gasteiger charge is -2.35. The molecule has 0 aromatic carbocycles. The number of aromatic nitrogens is 1. The first kappa shape index (κ1) is 15.3. The number of hydrogen-bond donors (Lipinski definition) is 1. The summed E-state index contributed by atoms with van der Waals surface area (Å²) >= 11 is 1.90. The van der Waals surface area contributed by atoms with Crippen LogP contribution in [0.25, 0.3) is 0 Å². The Morgan fingerprint density at radius 3 is 2.81 bits per heavy atom. The summed E-state index contributed by atoms with van der Waals surface area (Å²) in [5, 5.41) is 4.89. The zero-order valence-corrected chi connectivity index (χ0v) is 14.2. The highest BCUT2D eigenvalue weighted by Crippen LogP contribution is 2.38. The lowest BCUT2D eigenvalue weighted by atomic mass is 9.98. The summed E-state index contributed by atoms with van der Waals surface area (Å²) in [7, 11) is 0. The van der Waals surface area contributed by atoms with E-state index in [1.165, 1.54) is 35.0 Å². The van der Waals surface area contributed by atoms with Crippen molar-refractivity contribution >= 4 is 16.5 Å². The standard InChI is InChI=1S/C16H27N3OS/c1-4-8-17-13-6-5-7-14-15(13)21-16(18-14)19-9-11(2)20-12(3)10-19/h11-13,17H,4-10H2,1-3H3/t11-,12+,13?. The van der Waals surface area contributed by atoms with Crippen molar-refractivity contribution in [1.29, 1.82) is 0 Å². The van der Waals surface area contributed by atoms with E-state index in [1.807, 2.05) is 11.3 Å². The number of fused-ring (bicyclic) bond motifs is 1. The zero-order chi connectivity index (χ0) is 14.8. The monoisotopic (exact) mass is 309 g/mol. The third-order valence-electron chi connectivity index (χ3n) is 4.27. The molecule has 2 aliphatic rings. The first-order chi connectivity index (χ1) is 10.2. The minimum atomic E-state index is 0.295. The second-order valence-corrected chi connectivity index (χ2v) is 7.38. The van der Waals surface area contributed by atoms with Gasteiger partial charge in [-0.3, -0.25) is 0 Å². The van der Waals surface area contributed by atoms with Gasteiger partial charge >= 0.3 is 0 Å². The van der Waals surface area contributed by atoms with Crippen molar-refractivity contribution in [3.8, 4) is 0 Å². The van der Waals surface area contributed by atoms with Gasteiger partial charge in [-0.05, 0) is 46.1 Å². The van der Waals surface area contributed by atoms with Crippen LogP contribution in [-0.4, -0.2) is 36.8 Å². The number of rotatable bonds is 4. The number of anilines is 1. The Hall–Kier alpha value is -0.650. The molecule has 3 atom stereocenters. The maximum atomic E-state index is 5.84. The lowest BCUT2D eigenvalue weighted by molar-refractivity contribution is -0.00523. The van der Waals surface area contributed by atoms with E-state index in [1.54, 1.807) is 0 Å². The predicted octanol–water partition coefficient (Wildman–Crippen LogP) is 3.13. The lowest BCUT2D eigenvalue weighted by Crippen LogP contribution is -2.45. The number of aryl methyl sites for hydroxylation is 1. The molecule has 1 saturated heterocycles. The highest BCUT2D eigenvalue weighted by Gasteiger charge is 2.29. The zero-order valence-electron chi connectivity index (χ0n) is 13.4. The van der Waals surface area contributed by atoms with Crippen molar-refractivity contribution in [3.63, 3.8) is 0 Å². The smallest absolute Gasteiger partial charge is 0.186 e. The normalized spacial score (nSPS) is 29.5. The van der Waals surface area contributed by atoms with Gasteiger partial charge in [0.05, 0.1) is 17.9 Å². The maximum Gasteiger partial charge on any atom is 0.186 e. The topological polar surface area (TPSA) is 37.4 Å². The summed E-state index contributed by atoms with van der Waals surface area (Å²) in [5.74, 6) is 0. The molecule has 0 amide bonds. The fraction of sp³-hybridized carbons (Fsp3) is 0.812. The van der Waals surface area contributed by atoms with Crippen LogP contribution in [0.2, 0.25) is 0 Å². The van der Waals surface area contributed by atoms with E-state index < -0.39 is 0 Å². The van der Waals surface area contributed by atoms with E-state index in [0.717, 1.165) is 26.1 Å². The van der Waals surface area contributed by atoms with Gasteiger partial charge in [0.25, 0.3) is 0 Å². The highest BCUT2D eigenvalue weighted by molar-refractivity contribution is 7.15. The molecule has 3 rings (SSSR count). The van der Waals surface area contributed by atoms with E-state index in [0.29, 0.717) is 18.2 Å². The predicted molar refractivity (Wildman–Crippen MR) is 88.3 cm³/mol. The molecule has 1 aromatic rings. The summed E-state index contributed by atoms with van der Waals surface area (Å²) in [6.07, 6.45) is 5.44. The third-order valence-corrected chi connectivity index (χ3v) is 5.54. The van der Waals surface area contributed by atoms with Gasteiger partial charge in [-0.2, -0.15) is 0 Å². The molecule has 0 bridgehead atoms. The molecule has 2 heterocycles. The molecule has 0 saturated carbocycles. The van der Waals surface area contributed by atoms with Crippen LogP contribution in [0.15, 0.2) is 0 Å². The Morgan fingerprint density at radius 2 is 2.10 bits per heavy atom. The molecule has 4 nitrogen and oxygen atoms in total. The minimum Gasteiger partial charge on any atom is -0.372 e. The first-order valence-corrected chi connectivity index (χ1v) is 9.12. The SMILES string of the molecule is CCCNC1CCCc2nc(N3C[C@@H](C)O[C@@H](C)C3)sc21. The van der Waals surface area contributed by atoms with Crippen molar-refractivity contribution in [1.82, 2.24) is 10.3 Å². The number of morpholine rings is 1. The van der Waals surface area contributed by atoms with Gasteiger partial charge in [0.15, 0.2) is 5.13 Å². The van der Waals surface area contributed by atoms with Crippen LogP contribution in [0, 0.1) is 0 Å². The Morgan fingerprint density at radius 1 is 1.33 bits per heavy atom. The summed E-state index contributed by atoms with van der Waals surface area (Å²) in [6, 6.07) is 0.524. The van der Waals surface area contributed by atoms with Crippen molar-refractivity contribution < 1.29 is 4.74 Å². The van der Waals surface area contributed by atoms with E-state index in [4.69, 9.17) is 9.72 Å². The molecule has 1 N–H and O–H groups in total. The summed E-state index contributed by atoms with van der Waals surface area (Å²) in [4.78, 5) is 8.85. The van der Waals surface area contributed by atoms with Crippen molar-refractivity contribution in [2.45, 2.75) is 64.7 Å². The molecule has 1 fully saturated rings. The van der Waals surface area contributed by atoms with E-state index in [2.05, 4.69) is 31.0 Å². The van der Waals surface area contributed by atoms with Gasteiger partial charge < -0.3 is 15.0 Å². The van der Waals surface area contributed by atoms with E-state index >= 15 is 0 Å². The van der Waals surface area contributed by atoms with Crippen LogP contribution in [0.3, 0.4) is 0 Å². The molecule has 0 spiro atoms. The molecule has 118 valence electrons. The Balaban J connectivity index is 1.77. The van der Waals surface area contributed by atoms with Crippen molar-refractivity contribution in [3.05, 3.63) is 10.6 Å². The van der Waals surface area contributed by atoms with Crippen LogP contribution in [0.1, 0.15) is 56.6 Å². The van der Waals surface area contributed by atoms with Crippen molar-refractivity contribution in [2.75, 3.05) is 24.5 Å². The van der Waals surface area contributed by atoms with Gasteiger partial charge in [-0.1, -0.05) is 18.3 Å². The quantitative estimate of drug-likeness (QED) is 0.927. The van der Waals surface area contributed by atoms with Crippen molar-refractivity contribution in [2.24, 2.45) is 0 Å². The molecule has 0 radical (unpaired) electrons. The van der Waals surface area contributed by atoms with Crippen LogP contribution >= 0.6 is 11.3 Å². The summed E-state index contributed by atoms with van der Waals surface area (Å²) in [6.45, 7) is 9.56. The van der Waals surface area contributed by atoms with Crippen LogP contribution in [0.5, 0.6) is 0 Å². The van der Waals surface area contributed by atoms with Crippen LogP contribution < -0.4 is 10.2 Å². The number of thiazole rings is 1. The largest absolute Gasteiger partial charge is 0.372 e. The average Bonchev–Trinajstić information content (AvgIpc) is 2.88. The first-order valence-electron chi connectivity index (χ1n) is 8.30. The number of ether oxygens (including phenoxy) is 1. The Kier molecular flexibility index (Phi) is 4.82. The van der Waals surface area contributed by atoms with Gasteiger partial charge in [0.1, 0.15) is 0 Å². The summed E-state index contributed by atoms with van der Waals surface area (Å²) < 4.78 is 5.84. The second-order valence-electron chi connectivity index (χ2n) is 6.37. The summed E-state index contributed by atoms with van der Waals surface area (Å²) in [5.41, 5.74) is 1.33. The van der Waals surface area contributed by atoms with Crippen LogP contribution in [-0.2, 0) is 11.2 Å². The number of nitrogens with zero attached hydrogens (tertiary/aromatic N) is 2. The van der Waals surface area contributed by atoms with Gasteiger partial charge in [-0.15, -0.1) is 0 Å². The van der Waals surface area contributed by atoms with Gasteiger partial charge in [0, 0.05) is 24.0 Å². The van der Waals surface area contributed by atoms with Gasteiger partial charge in [0.2, 0.25) is 0 Å². The number of hydrogen-bond acceptors (Lipinski definition) is 5. The minimum absolute atomic E-state index is 0.295. The Labute approximate surface area is 131 Å². The fourth-order valence-electron chi connectivity index (χ4n) is 3.39. The Bertz CT molecular complexity index is 466. The van der Waals surface area contributed by atoms with E-state index in [9.17, 15) is 0 Å². The van der Waals surface area contributed by atoms with E-state index in [-0.39, 0.29) is 0 Å².